The molecule has 4 aliphatic rings. The van der Waals surface area contributed by atoms with Gasteiger partial charge < -0.3 is 9.80 Å². The molecule has 2 unspecified atom stereocenters. The Morgan fingerprint density at radius 2 is 1.14 bits per heavy atom. The van der Waals surface area contributed by atoms with E-state index in [1.807, 2.05) is 0 Å². The van der Waals surface area contributed by atoms with E-state index in [9.17, 15) is 0 Å². The molecule has 1 saturated heterocycles. The molecule has 0 aromatic heterocycles. The highest BCUT2D eigenvalue weighted by Crippen LogP contribution is 2.71. The average molecular weight is 720 g/mol. The lowest BCUT2D eigenvalue weighted by atomic mass is 9.87. The van der Waals surface area contributed by atoms with Crippen LogP contribution in [0.25, 0.3) is 0 Å². The number of alkyl halides is 2. The van der Waals surface area contributed by atoms with Crippen molar-refractivity contribution in [1.29, 1.82) is 0 Å². The van der Waals surface area contributed by atoms with Crippen LogP contribution in [0.4, 0.5) is 11.4 Å². The standard InChI is InChI=1S/C44H61Cl2N2P/c1-29(2)19-20-39-40(45)38(21-22-44(39,46)49(36-15-11-9-12-16-36)37-17-13-10-14-18-37)43-47(41-32(5)25-30(3)26-33(41)6)23-24-48(43)42-34(7)27-31(4)28-35(42)8/h19-20,25-28,36-37,40H,9-18,21-24H2,1-8H3. The molecule has 2 nitrogen and oxygen atoms in total. The highest BCUT2D eigenvalue weighted by molar-refractivity contribution is 7.63. The monoisotopic (exact) mass is 718 g/mol. The number of rotatable bonds is 6. The summed E-state index contributed by atoms with van der Waals surface area (Å²) in [7, 11) is -0.429. The first kappa shape index (κ1) is 37.0. The highest BCUT2D eigenvalue weighted by Gasteiger charge is 2.52. The normalized spacial score (nSPS) is 25.2. The Morgan fingerprint density at radius 1 is 0.714 bits per heavy atom. The van der Waals surface area contributed by atoms with Gasteiger partial charge in [0.15, 0.2) is 0 Å². The molecular weight excluding hydrogens is 658 g/mol. The molecule has 4 fully saturated rings. The van der Waals surface area contributed by atoms with Crippen LogP contribution in [0.2, 0.25) is 0 Å². The Bertz CT molecular complexity index is 1490. The maximum absolute atomic E-state index is 8.36. The van der Waals surface area contributed by atoms with Gasteiger partial charge in [0.25, 0.3) is 0 Å². The molecule has 3 saturated carbocycles. The second kappa shape index (κ2) is 15.5. The predicted molar refractivity (Wildman–Crippen MR) is 219 cm³/mol. The molecule has 0 N–H and O–H groups in total. The third-order valence-electron chi connectivity index (χ3n) is 11.8. The van der Waals surface area contributed by atoms with Crippen LogP contribution in [0.3, 0.4) is 0 Å². The van der Waals surface area contributed by atoms with E-state index in [-0.39, 0.29) is 9.99 Å². The highest BCUT2D eigenvalue weighted by atomic mass is 35.5. The van der Waals surface area contributed by atoms with Gasteiger partial charge in [-0.1, -0.05) is 99.6 Å². The van der Waals surface area contributed by atoms with Gasteiger partial charge in [-0.2, -0.15) is 0 Å². The van der Waals surface area contributed by atoms with Crippen LogP contribution < -0.4 is 9.80 Å². The van der Waals surface area contributed by atoms with E-state index in [1.165, 1.54) is 132 Å². The Morgan fingerprint density at radius 3 is 1.55 bits per heavy atom. The summed E-state index contributed by atoms with van der Waals surface area (Å²) in [6, 6.07) is 9.39. The van der Waals surface area contributed by atoms with Gasteiger partial charge in [0.2, 0.25) is 0 Å². The lowest BCUT2D eigenvalue weighted by molar-refractivity contribution is 0.476. The molecule has 0 amide bonds. The molecule has 2 aromatic rings. The number of allylic oxidation sites excluding steroid dienone is 5. The van der Waals surface area contributed by atoms with Crippen molar-refractivity contribution in [3.05, 3.63) is 92.3 Å². The van der Waals surface area contributed by atoms with Crippen molar-refractivity contribution in [2.24, 2.45) is 0 Å². The average Bonchev–Trinajstić information content (AvgIpc) is 3.44. The Hall–Kier alpha value is -1.73. The predicted octanol–water partition coefficient (Wildman–Crippen LogP) is 13.5. The number of benzene rings is 2. The molecule has 2 aromatic carbocycles. The van der Waals surface area contributed by atoms with Crippen molar-refractivity contribution in [2.75, 3.05) is 22.9 Å². The van der Waals surface area contributed by atoms with Crippen molar-refractivity contribution >= 4 is 42.5 Å². The van der Waals surface area contributed by atoms with Crippen molar-refractivity contribution < 1.29 is 0 Å². The zero-order valence-electron chi connectivity index (χ0n) is 31.7. The molecule has 2 atom stereocenters. The van der Waals surface area contributed by atoms with Crippen LogP contribution >= 0.6 is 31.1 Å². The molecule has 0 radical (unpaired) electrons. The zero-order valence-corrected chi connectivity index (χ0v) is 34.1. The molecule has 1 aliphatic heterocycles. The Labute approximate surface area is 310 Å². The third kappa shape index (κ3) is 7.46. The summed E-state index contributed by atoms with van der Waals surface area (Å²) < 4.78 is -0.360. The topological polar surface area (TPSA) is 6.48 Å². The van der Waals surface area contributed by atoms with E-state index < -0.39 is 7.92 Å². The minimum absolute atomic E-state index is 0.241. The van der Waals surface area contributed by atoms with Gasteiger partial charge >= 0.3 is 0 Å². The number of halogens is 2. The second-order valence-corrected chi connectivity index (χ2v) is 20.5. The van der Waals surface area contributed by atoms with Gasteiger partial charge in [-0.05, 0) is 139 Å². The Kier molecular flexibility index (Phi) is 11.7. The summed E-state index contributed by atoms with van der Waals surface area (Å²) in [6.07, 6.45) is 20.3. The number of hydrogen-bond acceptors (Lipinski definition) is 2. The van der Waals surface area contributed by atoms with E-state index in [0.717, 1.165) is 37.2 Å². The maximum Gasteiger partial charge on any atom is 0.114 e. The van der Waals surface area contributed by atoms with E-state index >= 15 is 0 Å². The summed E-state index contributed by atoms with van der Waals surface area (Å²) in [4.78, 5) is 5.25. The number of hydrogen-bond donors (Lipinski definition) is 0. The summed E-state index contributed by atoms with van der Waals surface area (Å²) in [6.45, 7) is 19.9. The van der Waals surface area contributed by atoms with Crippen LogP contribution in [0.5, 0.6) is 0 Å². The summed E-state index contributed by atoms with van der Waals surface area (Å²) in [5, 5.41) is -0.241. The molecule has 0 spiro atoms. The van der Waals surface area contributed by atoms with Crippen molar-refractivity contribution in [3.8, 4) is 0 Å². The van der Waals surface area contributed by atoms with Gasteiger partial charge in [-0.15, -0.1) is 23.2 Å². The number of anilines is 2. The van der Waals surface area contributed by atoms with Crippen LogP contribution in [-0.2, 0) is 0 Å². The van der Waals surface area contributed by atoms with Gasteiger partial charge in [-0.3, -0.25) is 0 Å². The number of aryl methyl sites for hydroxylation is 6. The van der Waals surface area contributed by atoms with Crippen LogP contribution in [0, 0.1) is 41.5 Å². The molecule has 1 heterocycles. The van der Waals surface area contributed by atoms with Gasteiger partial charge in [0, 0.05) is 24.5 Å². The molecule has 3 aliphatic carbocycles. The van der Waals surface area contributed by atoms with Crippen LogP contribution in [0.1, 0.15) is 124 Å². The van der Waals surface area contributed by atoms with Gasteiger partial charge in [-0.25, -0.2) is 0 Å². The van der Waals surface area contributed by atoms with Crippen LogP contribution in [-0.4, -0.2) is 34.4 Å². The Balaban J connectivity index is 1.54. The SMILES string of the molecule is CC(C)=CC=C1C(Cl)C(=C2N(c3c(C)cc(C)cc3C)CCN2c2c(C)cc(C)cc2C)CCC1(Cl)P(C1CCCCC1)C1CCCCC1. The molecule has 0 bridgehead atoms. The first-order valence-electron chi connectivity index (χ1n) is 19.3. The smallest absolute Gasteiger partial charge is 0.114 e. The largest absolute Gasteiger partial charge is 0.325 e. The second-order valence-electron chi connectivity index (χ2n) is 16.1. The molecule has 49 heavy (non-hydrogen) atoms. The first-order valence-corrected chi connectivity index (χ1v) is 21.6. The molecule has 6 rings (SSSR count). The van der Waals surface area contributed by atoms with E-state index in [0.29, 0.717) is 0 Å². The van der Waals surface area contributed by atoms with Gasteiger partial charge in [0.1, 0.15) is 5.82 Å². The van der Waals surface area contributed by atoms with E-state index in [1.54, 1.807) is 0 Å². The maximum atomic E-state index is 8.36. The van der Waals surface area contributed by atoms with Gasteiger partial charge in [0.05, 0.1) is 9.99 Å². The molecular formula is C44H61Cl2N2P. The van der Waals surface area contributed by atoms with Crippen molar-refractivity contribution in [1.82, 2.24) is 0 Å². The number of nitrogens with zero attached hydrogens (tertiary/aromatic N) is 2. The fourth-order valence-electron chi connectivity index (χ4n) is 10.1. The van der Waals surface area contributed by atoms with E-state index in [2.05, 4.69) is 102 Å². The summed E-state index contributed by atoms with van der Waals surface area (Å²) in [5.74, 6) is 1.30. The molecule has 5 heteroatoms. The quantitative estimate of drug-likeness (QED) is 0.217. The fraction of sp³-hybridized carbons (Fsp3) is 0.591. The summed E-state index contributed by atoms with van der Waals surface area (Å²) in [5.41, 5.74) is 16.1. The summed E-state index contributed by atoms with van der Waals surface area (Å²) >= 11 is 16.4. The van der Waals surface area contributed by atoms with Crippen LogP contribution in [0.15, 0.2) is 59.0 Å². The molecule has 266 valence electrons. The minimum atomic E-state index is -0.429. The van der Waals surface area contributed by atoms with Crippen molar-refractivity contribution in [3.63, 3.8) is 0 Å². The minimum Gasteiger partial charge on any atom is -0.325 e. The fourth-order valence-corrected chi connectivity index (χ4v) is 16.2. The first-order chi connectivity index (χ1) is 23.4. The lowest BCUT2D eigenvalue weighted by Crippen LogP contribution is -2.41. The zero-order chi connectivity index (χ0) is 35.0. The lowest BCUT2D eigenvalue weighted by Gasteiger charge is -2.52. The van der Waals surface area contributed by atoms with E-state index in [4.69, 9.17) is 23.2 Å². The van der Waals surface area contributed by atoms with Crippen molar-refractivity contribution in [2.45, 2.75) is 154 Å². The third-order valence-corrected chi connectivity index (χ3v) is 17.2.